The van der Waals surface area contributed by atoms with Crippen LogP contribution in [0.25, 0.3) is 0 Å². The second-order valence-corrected chi connectivity index (χ2v) is 7.49. The van der Waals surface area contributed by atoms with Crippen LogP contribution < -0.4 is 0 Å². The molecule has 0 atom stereocenters. The van der Waals surface area contributed by atoms with Gasteiger partial charge in [0.2, 0.25) is 0 Å². The fraction of sp³-hybridized carbons (Fsp3) is 0.636. The fourth-order valence-electron chi connectivity index (χ4n) is 3.53. The minimum absolute atomic E-state index is 0.603. The third kappa shape index (κ3) is 7.45. The summed E-state index contributed by atoms with van der Waals surface area (Å²) in [7, 11) is 0. The Hall–Kier alpha value is -0.930. The molecule has 126 valence electrons. The normalized spacial score (nSPS) is 20.8. The van der Waals surface area contributed by atoms with Gasteiger partial charge < -0.3 is 0 Å². The molecule has 1 aliphatic rings. The van der Waals surface area contributed by atoms with Crippen LogP contribution in [0.5, 0.6) is 0 Å². The van der Waals surface area contributed by atoms with Gasteiger partial charge in [-0.15, -0.1) is 0 Å². The smallest absolute Gasteiger partial charge is 0.0406 e. The van der Waals surface area contributed by atoms with Gasteiger partial charge in [-0.2, -0.15) is 0 Å². The Balaban J connectivity index is 1.61. The van der Waals surface area contributed by atoms with Crippen molar-refractivity contribution >= 4 is 11.6 Å². The maximum absolute atomic E-state index is 5.91. The number of halogens is 1. The molecule has 0 aliphatic heterocycles. The van der Waals surface area contributed by atoms with Gasteiger partial charge >= 0.3 is 0 Å². The van der Waals surface area contributed by atoms with Crippen LogP contribution in [0.2, 0.25) is 5.02 Å². The largest absolute Gasteiger partial charge is 0.0945 e. The lowest BCUT2D eigenvalue weighted by atomic mass is 9.80. The topological polar surface area (TPSA) is 0 Å². The molecule has 0 unspecified atom stereocenters. The van der Waals surface area contributed by atoms with E-state index in [-0.39, 0.29) is 0 Å². The Morgan fingerprint density at radius 3 is 2.26 bits per heavy atom. The molecule has 0 spiro atoms. The van der Waals surface area contributed by atoms with Gasteiger partial charge in [0.15, 0.2) is 0 Å². The summed E-state index contributed by atoms with van der Waals surface area (Å²) in [5.41, 5.74) is 1.09. The summed E-state index contributed by atoms with van der Waals surface area (Å²) in [6.07, 6.45) is 15.3. The fourth-order valence-corrected chi connectivity index (χ4v) is 3.65. The number of rotatable bonds is 7. The first-order chi connectivity index (χ1) is 11.3. The number of benzene rings is 1. The molecule has 1 heteroatoms. The van der Waals surface area contributed by atoms with Crippen molar-refractivity contribution in [1.82, 2.24) is 0 Å². The minimum atomic E-state index is 0.603. The first kappa shape index (κ1) is 18.4. The Labute approximate surface area is 148 Å². The number of unbranched alkanes of at least 4 members (excludes halogenated alkanes) is 5. The van der Waals surface area contributed by atoms with E-state index in [1.165, 1.54) is 70.6 Å². The third-order valence-corrected chi connectivity index (χ3v) is 5.33. The summed E-state index contributed by atoms with van der Waals surface area (Å²) < 4.78 is 0. The molecule has 1 aliphatic carbocycles. The van der Waals surface area contributed by atoms with Crippen molar-refractivity contribution in [3.8, 4) is 11.8 Å². The quantitative estimate of drug-likeness (QED) is 0.365. The van der Waals surface area contributed by atoms with Crippen LogP contribution in [0.15, 0.2) is 24.3 Å². The summed E-state index contributed by atoms with van der Waals surface area (Å²) in [6, 6.07) is 7.87. The highest BCUT2D eigenvalue weighted by atomic mass is 35.5. The van der Waals surface area contributed by atoms with Crippen molar-refractivity contribution in [2.45, 2.75) is 77.6 Å². The molecule has 0 radical (unpaired) electrons. The van der Waals surface area contributed by atoms with Crippen LogP contribution >= 0.6 is 11.6 Å². The number of hydrogen-bond donors (Lipinski definition) is 0. The van der Waals surface area contributed by atoms with E-state index in [0.29, 0.717) is 5.92 Å². The molecular weight excluding hydrogens is 300 g/mol. The molecule has 1 saturated carbocycles. The molecule has 2 rings (SSSR count). The maximum Gasteiger partial charge on any atom is 0.0406 e. The highest BCUT2D eigenvalue weighted by Crippen LogP contribution is 2.31. The minimum Gasteiger partial charge on any atom is -0.0945 e. The van der Waals surface area contributed by atoms with Crippen LogP contribution in [-0.2, 0) is 0 Å². The zero-order chi connectivity index (χ0) is 16.3. The van der Waals surface area contributed by atoms with E-state index in [0.717, 1.165) is 16.5 Å². The Bertz CT molecular complexity index is 483. The van der Waals surface area contributed by atoms with E-state index in [2.05, 4.69) is 18.8 Å². The van der Waals surface area contributed by atoms with Crippen molar-refractivity contribution < 1.29 is 0 Å². The van der Waals surface area contributed by atoms with Gasteiger partial charge in [-0.1, -0.05) is 75.3 Å². The lowest BCUT2D eigenvalue weighted by molar-refractivity contribution is 0.293. The zero-order valence-corrected chi connectivity index (χ0v) is 15.4. The van der Waals surface area contributed by atoms with Crippen molar-refractivity contribution in [1.29, 1.82) is 0 Å². The van der Waals surface area contributed by atoms with Gasteiger partial charge in [0, 0.05) is 16.5 Å². The van der Waals surface area contributed by atoms with Crippen molar-refractivity contribution in [2.24, 2.45) is 11.8 Å². The molecule has 1 fully saturated rings. The van der Waals surface area contributed by atoms with E-state index in [1.807, 2.05) is 24.3 Å². The standard InChI is InChI=1S/C22H31Cl/c1-2-3-4-5-6-7-8-19-9-11-20(12-10-19)13-14-21-15-17-22(23)18-16-21/h15-20H,2-12H2,1H3/t19-,20-. The van der Waals surface area contributed by atoms with Gasteiger partial charge in [-0.05, 0) is 55.9 Å². The molecular formula is C22H31Cl. The molecule has 0 nitrogen and oxygen atoms in total. The predicted molar refractivity (Wildman–Crippen MR) is 102 cm³/mol. The first-order valence-electron chi connectivity index (χ1n) is 9.55. The predicted octanol–water partition coefficient (Wildman–Crippen LogP) is 7.25. The second kappa shape index (κ2) is 10.8. The molecule has 1 aromatic rings. The molecule has 0 amide bonds. The Kier molecular flexibility index (Phi) is 8.62. The monoisotopic (exact) mass is 330 g/mol. The van der Waals surface area contributed by atoms with E-state index in [1.54, 1.807) is 0 Å². The zero-order valence-electron chi connectivity index (χ0n) is 14.6. The molecule has 23 heavy (non-hydrogen) atoms. The van der Waals surface area contributed by atoms with Crippen LogP contribution in [0.4, 0.5) is 0 Å². The van der Waals surface area contributed by atoms with E-state index < -0.39 is 0 Å². The molecule has 0 heterocycles. The highest BCUT2D eigenvalue weighted by molar-refractivity contribution is 6.30. The third-order valence-electron chi connectivity index (χ3n) is 5.08. The summed E-state index contributed by atoms with van der Waals surface area (Å²) >= 11 is 5.91. The highest BCUT2D eigenvalue weighted by Gasteiger charge is 2.19. The van der Waals surface area contributed by atoms with Gasteiger partial charge in [0.25, 0.3) is 0 Å². The molecule has 0 N–H and O–H groups in total. The van der Waals surface area contributed by atoms with Gasteiger partial charge in [-0.25, -0.2) is 0 Å². The van der Waals surface area contributed by atoms with Gasteiger partial charge in [-0.3, -0.25) is 0 Å². The summed E-state index contributed by atoms with van der Waals surface area (Å²) in [5.74, 6) is 8.37. The SMILES string of the molecule is CCCCCCCC[C@H]1CC[C@H](C#Cc2ccc(Cl)cc2)CC1. The molecule has 0 saturated heterocycles. The average Bonchev–Trinajstić information content (AvgIpc) is 2.58. The molecule has 1 aromatic carbocycles. The van der Waals surface area contributed by atoms with Crippen LogP contribution in [0, 0.1) is 23.7 Å². The number of hydrogen-bond acceptors (Lipinski definition) is 0. The Morgan fingerprint density at radius 2 is 1.57 bits per heavy atom. The molecule has 0 bridgehead atoms. The van der Waals surface area contributed by atoms with E-state index >= 15 is 0 Å². The van der Waals surface area contributed by atoms with Crippen LogP contribution in [0.3, 0.4) is 0 Å². The lowest BCUT2D eigenvalue weighted by Crippen LogP contribution is -2.13. The van der Waals surface area contributed by atoms with Gasteiger partial charge in [0.1, 0.15) is 0 Å². The maximum atomic E-state index is 5.91. The van der Waals surface area contributed by atoms with Crippen molar-refractivity contribution in [3.63, 3.8) is 0 Å². The van der Waals surface area contributed by atoms with Crippen molar-refractivity contribution in [2.75, 3.05) is 0 Å². The Morgan fingerprint density at radius 1 is 0.913 bits per heavy atom. The average molecular weight is 331 g/mol. The summed E-state index contributed by atoms with van der Waals surface area (Å²) in [6.45, 7) is 2.29. The summed E-state index contributed by atoms with van der Waals surface area (Å²) in [4.78, 5) is 0. The van der Waals surface area contributed by atoms with E-state index in [4.69, 9.17) is 11.6 Å². The van der Waals surface area contributed by atoms with Crippen LogP contribution in [-0.4, -0.2) is 0 Å². The van der Waals surface area contributed by atoms with Crippen LogP contribution in [0.1, 0.15) is 83.1 Å². The lowest BCUT2D eigenvalue weighted by Gasteiger charge is -2.25. The second-order valence-electron chi connectivity index (χ2n) is 7.05. The molecule has 0 aromatic heterocycles. The van der Waals surface area contributed by atoms with E-state index in [9.17, 15) is 0 Å². The van der Waals surface area contributed by atoms with Crippen molar-refractivity contribution in [3.05, 3.63) is 34.9 Å². The first-order valence-corrected chi connectivity index (χ1v) is 9.93. The summed E-state index contributed by atoms with van der Waals surface area (Å²) in [5, 5.41) is 0.783. The van der Waals surface area contributed by atoms with Gasteiger partial charge in [0.05, 0.1) is 0 Å².